The molecule has 48 heavy (non-hydrogen) atoms. The Balaban J connectivity index is 3.82. The van der Waals surface area contributed by atoms with Gasteiger partial charge in [0.25, 0.3) is 0 Å². The van der Waals surface area contributed by atoms with E-state index in [1.807, 2.05) is 0 Å². The van der Waals surface area contributed by atoms with E-state index in [-0.39, 0.29) is 0 Å². The molecule has 0 rings (SSSR count). The lowest BCUT2D eigenvalue weighted by atomic mass is 9.86. The number of carboxylic acids is 1. The molecule has 6 N–H and O–H groups in total. The van der Waals surface area contributed by atoms with Gasteiger partial charge in [0.1, 0.15) is 0 Å². The standard InChI is InChI=1S/C42H85NO5/c1-3-5-7-9-11-13-15-17-18-19-20-21-22-23-24-25-27-29-31-33-35-37(42(47)48)40(45)39(43)41(46)38(44)36-34-32-30-28-26-16-14-12-10-8-6-4-2/h37-41,44-46H,3-36,43H2,1-2H3,(H,47,48)/t37?,38-,39+,40?,41-/m1/s1. The van der Waals surface area contributed by atoms with Gasteiger partial charge in [0.2, 0.25) is 0 Å². The summed E-state index contributed by atoms with van der Waals surface area (Å²) in [6, 6.07) is -1.18. The van der Waals surface area contributed by atoms with Gasteiger partial charge in [0.15, 0.2) is 0 Å². The smallest absolute Gasteiger partial charge is 0.309 e. The van der Waals surface area contributed by atoms with E-state index in [1.54, 1.807) is 0 Å². The minimum atomic E-state index is -1.38. The Morgan fingerprint density at radius 1 is 0.417 bits per heavy atom. The fourth-order valence-corrected chi connectivity index (χ4v) is 7.15. The Hall–Kier alpha value is -0.690. The van der Waals surface area contributed by atoms with Crippen molar-refractivity contribution in [3.8, 4) is 0 Å². The quantitative estimate of drug-likeness (QED) is 0.0411. The molecular formula is C42H85NO5. The predicted molar refractivity (Wildman–Crippen MR) is 205 cm³/mol. The molecule has 0 heterocycles. The molecule has 0 aliphatic carbocycles. The Kier molecular flexibility index (Phi) is 35.6. The van der Waals surface area contributed by atoms with E-state index >= 15 is 0 Å². The highest BCUT2D eigenvalue weighted by Crippen LogP contribution is 2.22. The van der Waals surface area contributed by atoms with Crippen molar-refractivity contribution in [3.63, 3.8) is 0 Å². The van der Waals surface area contributed by atoms with Gasteiger partial charge in [-0.15, -0.1) is 0 Å². The summed E-state index contributed by atoms with van der Waals surface area (Å²) in [6.45, 7) is 4.52. The average Bonchev–Trinajstić information content (AvgIpc) is 3.08. The second-order valence-electron chi connectivity index (χ2n) is 15.3. The van der Waals surface area contributed by atoms with Gasteiger partial charge in [-0.1, -0.05) is 219 Å². The first kappa shape index (κ1) is 47.3. The lowest BCUT2D eigenvalue weighted by Gasteiger charge is -2.30. The number of rotatable bonds is 39. The van der Waals surface area contributed by atoms with Crippen LogP contribution in [0.2, 0.25) is 0 Å². The zero-order chi connectivity index (χ0) is 35.5. The number of carboxylic acid groups (broad SMARTS) is 1. The molecule has 0 fully saturated rings. The maximum absolute atomic E-state index is 11.9. The summed E-state index contributed by atoms with van der Waals surface area (Å²) < 4.78 is 0. The Morgan fingerprint density at radius 3 is 0.938 bits per heavy atom. The molecule has 288 valence electrons. The fourth-order valence-electron chi connectivity index (χ4n) is 7.15. The van der Waals surface area contributed by atoms with Crippen LogP contribution >= 0.6 is 0 Å². The topological polar surface area (TPSA) is 124 Å². The first-order valence-electron chi connectivity index (χ1n) is 21.4. The number of nitrogens with two attached hydrogens (primary N) is 1. The lowest BCUT2D eigenvalue weighted by Crippen LogP contribution is -2.53. The number of unbranched alkanes of at least 4 members (excludes halogenated alkanes) is 30. The van der Waals surface area contributed by atoms with Gasteiger partial charge in [-0.05, 0) is 12.8 Å². The molecule has 0 saturated carbocycles. The molecule has 0 spiro atoms. The third-order valence-electron chi connectivity index (χ3n) is 10.6. The minimum absolute atomic E-state index is 0.338. The summed E-state index contributed by atoms with van der Waals surface area (Å²) in [7, 11) is 0. The second kappa shape index (κ2) is 36.1. The average molecular weight is 684 g/mol. The predicted octanol–water partition coefficient (Wildman–Crippen LogP) is 11.4. The number of aliphatic hydroxyl groups is 3. The molecule has 5 atom stereocenters. The molecule has 0 aromatic carbocycles. The van der Waals surface area contributed by atoms with Crippen molar-refractivity contribution in [1.82, 2.24) is 0 Å². The molecule has 0 aromatic rings. The second-order valence-corrected chi connectivity index (χ2v) is 15.3. The highest BCUT2D eigenvalue weighted by atomic mass is 16.4. The van der Waals surface area contributed by atoms with Crippen LogP contribution in [0.3, 0.4) is 0 Å². The summed E-state index contributed by atoms with van der Waals surface area (Å²) in [5.41, 5.74) is 6.09. The number of hydrogen-bond acceptors (Lipinski definition) is 5. The van der Waals surface area contributed by atoms with Crippen molar-refractivity contribution in [2.45, 2.75) is 257 Å². The van der Waals surface area contributed by atoms with Crippen molar-refractivity contribution < 1.29 is 25.2 Å². The van der Waals surface area contributed by atoms with E-state index in [1.165, 1.54) is 167 Å². The maximum Gasteiger partial charge on any atom is 0.309 e. The molecular weight excluding hydrogens is 598 g/mol. The van der Waals surface area contributed by atoms with Crippen molar-refractivity contribution >= 4 is 5.97 Å². The zero-order valence-corrected chi connectivity index (χ0v) is 32.2. The molecule has 0 radical (unpaired) electrons. The van der Waals surface area contributed by atoms with Crippen LogP contribution in [0.15, 0.2) is 0 Å². The summed E-state index contributed by atoms with van der Waals surface area (Å²) in [5.74, 6) is -2.11. The first-order chi connectivity index (χ1) is 23.4. The maximum atomic E-state index is 11.9. The van der Waals surface area contributed by atoms with Gasteiger partial charge in [-0.25, -0.2) is 0 Å². The van der Waals surface area contributed by atoms with Gasteiger partial charge < -0.3 is 26.2 Å². The minimum Gasteiger partial charge on any atom is -0.481 e. The molecule has 0 aliphatic rings. The largest absolute Gasteiger partial charge is 0.481 e. The summed E-state index contributed by atoms with van der Waals surface area (Å²) in [5, 5.41) is 41.5. The van der Waals surface area contributed by atoms with Gasteiger partial charge in [0, 0.05) is 0 Å². The van der Waals surface area contributed by atoms with E-state index in [0.717, 1.165) is 38.5 Å². The Labute approximate surface area is 298 Å². The molecule has 0 aliphatic heterocycles. The lowest BCUT2D eigenvalue weighted by molar-refractivity contribution is -0.148. The van der Waals surface area contributed by atoms with Crippen LogP contribution < -0.4 is 5.73 Å². The normalized spacial score (nSPS) is 15.0. The summed E-state index contributed by atoms with van der Waals surface area (Å²) >= 11 is 0. The highest BCUT2D eigenvalue weighted by molar-refractivity contribution is 5.70. The van der Waals surface area contributed by atoms with Crippen LogP contribution in [0.25, 0.3) is 0 Å². The fraction of sp³-hybridized carbons (Fsp3) is 0.976. The molecule has 2 unspecified atom stereocenters. The van der Waals surface area contributed by atoms with E-state index in [0.29, 0.717) is 12.8 Å². The van der Waals surface area contributed by atoms with Gasteiger partial charge in [0.05, 0.1) is 30.3 Å². The van der Waals surface area contributed by atoms with Gasteiger partial charge in [-0.2, -0.15) is 0 Å². The van der Waals surface area contributed by atoms with Crippen LogP contribution in [-0.4, -0.2) is 50.7 Å². The number of carbonyl (C=O) groups is 1. The van der Waals surface area contributed by atoms with Crippen LogP contribution in [0.4, 0.5) is 0 Å². The molecule has 6 heteroatoms. The van der Waals surface area contributed by atoms with E-state index < -0.39 is 36.2 Å². The number of aliphatic hydroxyl groups excluding tert-OH is 3. The molecule has 0 bridgehead atoms. The van der Waals surface area contributed by atoms with Crippen molar-refractivity contribution in [2.75, 3.05) is 0 Å². The van der Waals surface area contributed by atoms with Crippen LogP contribution in [-0.2, 0) is 4.79 Å². The summed E-state index contributed by atoms with van der Waals surface area (Å²) in [4.78, 5) is 11.9. The van der Waals surface area contributed by atoms with Crippen LogP contribution in [0.5, 0.6) is 0 Å². The SMILES string of the molecule is CCCCCCCCCCCCCCCCCCCCCCC(C(=O)O)C(O)[C@H](N)[C@H](O)[C@H](O)CCCCCCCCCCCCCC. The van der Waals surface area contributed by atoms with E-state index in [2.05, 4.69) is 13.8 Å². The van der Waals surface area contributed by atoms with Gasteiger partial charge in [-0.3, -0.25) is 4.79 Å². The van der Waals surface area contributed by atoms with E-state index in [9.17, 15) is 25.2 Å². The third-order valence-corrected chi connectivity index (χ3v) is 10.6. The van der Waals surface area contributed by atoms with Gasteiger partial charge >= 0.3 is 5.97 Å². The molecule has 0 aromatic heterocycles. The first-order valence-corrected chi connectivity index (χ1v) is 21.4. The zero-order valence-electron chi connectivity index (χ0n) is 32.2. The Bertz CT molecular complexity index is 662. The van der Waals surface area contributed by atoms with Crippen molar-refractivity contribution in [1.29, 1.82) is 0 Å². The van der Waals surface area contributed by atoms with Crippen molar-refractivity contribution in [3.05, 3.63) is 0 Å². The third kappa shape index (κ3) is 29.1. The summed E-state index contributed by atoms with van der Waals surface area (Å²) in [6.07, 6.45) is 37.6. The number of hydrogen-bond donors (Lipinski definition) is 5. The van der Waals surface area contributed by atoms with E-state index in [4.69, 9.17) is 5.73 Å². The molecule has 6 nitrogen and oxygen atoms in total. The highest BCUT2D eigenvalue weighted by Gasteiger charge is 2.36. The van der Waals surface area contributed by atoms with Crippen LogP contribution in [0.1, 0.15) is 232 Å². The Morgan fingerprint density at radius 2 is 0.667 bits per heavy atom. The number of aliphatic carboxylic acids is 1. The molecule has 0 amide bonds. The van der Waals surface area contributed by atoms with Crippen LogP contribution in [0, 0.1) is 5.92 Å². The molecule has 0 saturated heterocycles. The van der Waals surface area contributed by atoms with Crippen molar-refractivity contribution in [2.24, 2.45) is 11.7 Å². The monoisotopic (exact) mass is 684 g/mol.